The van der Waals surface area contributed by atoms with Crippen molar-refractivity contribution in [2.24, 2.45) is 0 Å². The summed E-state index contributed by atoms with van der Waals surface area (Å²) in [6.07, 6.45) is 0. The van der Waals surface area contributed by atoms with E-state index in [4.69, 9.17) is 17.3 Å². The van der Waals surface area contributed by atoms with Gasteiger partial charge in [-0.2, -0.15) is 0 Å². The highest BCUT2D eigenvalue weighted by atomic mass is 79.9. The molecule has 2 nitrogen and oxygen atoms in total. The Balaban J connectivity index is 2.38. The van der Waals surface area contributed by atoms with E-state index in [0.29, 0.717) is 10.7 Å². The van der Waals surface area contributed by atoms with E-state index in [9.17, 15) is 0 Å². The summed E-state index contributed by atoms with van der Waals surface area (Å²) in [7, 11) is 0. The SMILES string of the molecule is Cc1cc(Br)cc(Nc2c(N)cccc2Cl)c1. The van der Waals surface area contributed by atoms with Crippen molar-refractivity contribution in [1.29, 1.82) is 0 Å². The molecule has 0 radical (unpaired) electrons. The summed E-state index contributed by atoms with van der Waals surface area (Å²) in [5.74, 6) is 0. The second-order valence-electron chi connectivity index (χ2n) is 3.85. The molecular weight excluding hydrogens is 300 g/mol. The molecule has 0 aromatic heterocycles. The van der Waals surface area contributed by atoms with Crippen molar-refractivity contribution in [2.45, 2.75) is 6.92 Å². The lowest BCUT2D eigenvalue weighted by Crippen LogP contribution is -1.97. The van der Waals surface area contributed by atoms with Gasteiger partial charge in [0.05, 0.1) is 16.4 Å². The van der Waals surface area contributed by atoms with Gasteiger partial charge in [-0.3, -0.25) is 0 Å². The average Bonchev–Trinajstić information content (AvgIpc) is 2.22. The van der Waals surface area contributed by atoms with E-state index in [-0.39, 0.29) is 0 Å². The van der Waals surface area contributed by atoms with Gasteiger partial charge in [0, 0.05) is 10.2 Å². The van der Waals surface area contributed by atoms with Crippen molar-refractivity contribution < 1.29 is 0 Å². The van der Waals surface area contributed by atoms with Crippen LogP contribution in [-0.4, -0.2) is 0 Å². The lowest BCUT2D eigenvalue weighted by molar-refractivity contribution is 1.43. The Morgan fingerprint density at radius 2 is 2.00 bits per heavy atom. The van der Waals surface area contributed by atoms with Gasteiger partial charge >= 0.3 is 0 Å². The molecule has 2 aromatic rings. The Bertz CT molecular complexity index is 515. The van der Waals surface area contributed by atoms with Gasteiger partial charge in [0.25, 0.3) is 0 Å². The maximum absolute atomic E-state index is 6.10. The zero-order chi connectivity index (χ0) is 12.4. The fraction of sp³-hybridized carbons (Fsp3) is 0.0769. The van der Waals surface area contributed by atoms with Crippen molar-refractivity contribution in [3.8, 4) is 0 Å². The van der Waals surface area contributed by atoms with Gasteiger partial charge in [0.1, 0.15) is 0 Å². The van der Waals surface area contributed by atoms with E-state index in [1.165, 1.54) is 0 Å². The lowest BCUT2D eigenvalue weighted by atomic mass is 10.2. The number of anilines is 3. The van der Waals surface area contributed by atoms with E-state index in [2.05, 4.69) is 21.2 Å². The van der Waals surface area contributed by atoms with Crippen LogP contribution in [0.5, 0.6) is 0 Å². The summed E-state index contributed by atoms with van der Waals surface area (Å²) in [6, 6.07) is 11.5. The normalized spacial score (nSPS) is 10.3. The largest absolute Gasteiger partial charge is 0.397 e. The van der Waals surface area contributed by atoms with Gasteiger partial charge in [-0.25, -0.2) is 0 Å². The summed E-state index contributed by atoms with van der Waals surface area (Å²) < 4.78 is 1.02. The third-order valence-corrected chi connectivity index (χ3v) is 3.13. The van der Waals surface area contributed by atoms with Crippen LogP contribution in [0.3, 0.4) is 0 Å². The topological polar surface area (TPSA) is 38.0 Å². The fourth-order valence-electron chi connectivity index (χ4n) is 1.63. The summed E-state index contributed by atoms with van der Waals surface area (Å²) in [5.41, 5.74) is 9.38. The fourth-order valence-corrected chi connectivity index (χ4v) is 2.46. The van der Waals surface area contributed by atoms with Crippen molar-refractivity contribution in [1.82, 2.24) is 0 Å². The predicted molar refractivity (Wildman–Crippen MR) is 78.0 cm³/mol. The highest BCUT2D eigenvalue weighted by molar-refractivity contribution is 9.10. The number of nitrogens with one attached hydrogen (secondary N) is 1. The highest BCUT2D eigenvalue weighted by Crippen LogP contribution is 2.32. The summed E-state index contributed by atoms with van der Waals surface area (Å²) in [5, 5.41) is 3.85. The molecule has 0 heterocycles. The number of halogens is 2. The molecule has 4 heteroatoms. The average molecular weight is 312 g/mol. The second kappa shape index (κ2) is 4.98. The molecule has 0 aliphatic carbocycles. The zero-order valence-corrected chi connectivity index (χ0v) is 11.6. The van der Waals surface area contributed by atoms with Crippen LogP contribution in [0.15, 0.2) is 40.9 Å². The number of para-hydroxylation sites is 1. The number of benzene rings is 2. The van der Waals surface area contributed by atoms with Gasteiger partial charge in [0.2, 0.25) is 0 Å². The number of nitrogens with two attached hydrogens (primary N) is 1. The first-order chi connectivity index (χ1) is 8.06. The van der Waals surface area contributed by atoms with Crippen LogP contribution in [-0.2, 0) is 0 Å². The predicted octanol–water partition coefficient (Wildman–Crippen LogP) is 4.74. The first-order valence-electron chi connectivity index (χ1n) is 5.14. The van der Waals surface area contributed by atoms with Crippen molar-refractivity contribution in [2.75, 3.05) is 11.1 Å². The van der Waals surface area contributed by atoms with Gasteiger partial charge in [-0.1, -0.05) is 33.6 Å². The second-order valence-corrected chi connectivity index (χ2v) is 5.17. The van der Waals surface area contributed by atoms with Crippen LogP contribution in [0.2, 0.25) is 5.02 Å². The van der Waals surface area contributed by atoms with Gasteiger partial charge in [0.15, 0.2) is 0 Å². The molecule has 88 valence electrons. The van der Waals surface area contributed by atoms with Crippen LogP contribution in [0.25, 0.3) is 0 Å². The van der Waals surface area contributed by atoms with E-state index in [1.807, 2.05) is 43.3 Å². The molecule has 0 spiro atoms. The van der Waals surface area contributed by atoms with Gasteiger partial charge < -0.3 is 11.1 Å². The monoisotopic (exact) mass is 310 g/mol. The Morgan fingerprint density at radius 1 is 1.24 bits per heavy atom. The molecule has 0 aliphatic rings. The molecule has 17 heavy (non-hydrogen) atoms. The van der Waals surface area contributed by atoms with Crippen LogP contribution >= 0.6 is 27.5 Å². The van der Waals surface area contributed by atoms with Crippen molar-refractivity contribution >= 4 is 44.6 Å². The number of rotatable bonds is 2. The first-order valence-corrected chi connectivity index (χ1v) is 6.31. The molecule has 0 saturated carbocycles. The van der Waals surface area contributed by atoms with Crippen LogP contribution in [0.4, 0.5) is 17.1 Å². The Hall–Kier alpha value is -1.19. The Kier molecular flexibility index (Phi) is 3.60. The molecule has 0 fully saturated rings. The minimum absolute atomic E-state index is 0.614. The van der Waals surface area contributed by atoms with E-state index in [0.717, 1.165) is 21.4 Å². The summed E-state index contributed by atoms with van der Waals surface area (Å²) in [6.45, 7) is 2.03. The zero-order valence-electron chi connectivity index (χ0n) is 9.30. The van der Waals surface area contributed by atoms with Crippen LogP contribution in [0, 0.1) is 6.92 Å². The molecule has 3 N–H and O–H groups in total. The molecule has 0 saturated heterocycles. The number of aryl methyl sites for hydroxylation is 1. The van der Waals surface area contributed by atoms with Crippen LogP contribution < -0.4 is 11.1 Å². The molecule has 0 unspecified atom stereocenters. The number of nitrogen functional groups attached to an aromatic ring is 1. The first kappa shape index (κ1) is 12.3. The number of hydrogen-bond acceptors (Lipinski definition) is 2. The molecule has 0 amide bonds. The van der Waals surface area contributed by atoms with E-state index >= 15 is 0 Å². The minimum Gasteiger partial charge on any atom is -0.397 e. The molecule has 0 bridgehead atoms. The van der Waals surface area contributed by atoms with E-state index < -0.39 is 0 Å². The highest BCUT2D eigenvalue weighted by Gasteiger charge is 2.05. The van der Waals surface area contributed by atoms with Crippen molar-refractivity contribution in [3.05, 3.63) is 51.5 Å². The van der Waals surface area contributed by atoms with E-state index in [1.54, 1.807) is 0 Å². The Morgan fingerprint density at radius 3 is 2.65 bits per heavy atom. The van der Waals surface area contributed by atoms with Crippen LogP contribution in [0.1, 0.15) is 5.56 Å². The molecule has 0 atom stereocenters. The maximum atomic E-state index is 6.10. The third-order valence-electron chi connectivity index (χ3n) is 2.36. The van der Waals surface area contributed by atoms with Gasteiger partial charge in [-0.05, 0) is 42.8 Å². The summed E-state index contributed by atoms with van der Waals surface area (Å²) in [4.78, 5) is 0. The molecular formula is C13H12BrClN2. The molecule has 0 aliphatic heterocycles. The minimum atomic E-state index is 0.614. The molecule has 2 rings (SSSR count). The van der Waals surface area contributed by atoms with Gasteiger partial charge in [-0.15, -0.1) is 0 Å². The quantitative estimate of drug-likeness (QED) is 0.786. The van der Waals surface area contributed by atoms with Crippen molar-refractivity contribution in [3.63, 3.8) is 0 Å². The maximum Gasteiger partial charge on any atom is 0.0807 e. The summed E-state index contributed by atoms with van der Waals surface area (Å²) >= 11 is 9.56. The Labute approximate surface area is 114 Å². The standard InChI is InChI=1S/C13H12BrClN2/c1-8-5-9(14)7-10(6-8)17-13-11(15)3-2-4-12(13)16/h2-7,17H,16H2,1H3. The number of hydrogen-bond donors (Lipinski definition) is 2. The third kappa shape index (κ3) is 2.93. The molecule has 2 aromatic carbocycles. The smallest absolute Gasteiger partial charge is 0.0807 e. The lowest BCUT2D eigenvalue weighted by Gasteiger charge is -2.12.